The van der Waals surface area contributed by atoms with E-state index in [1.54, 1.807) is 0 Å². The number of nitrogens with zero attached hydrogens (tertiary/aromatic N) is 1. The Hall–Kier alpha value is -0.120. The zero-order valence-electron chi connectivity index (χ0n) is 3.01. The van der Waals surface area contributed by atoms with Gasteiger partial charge in [-0.05, 0) is 6.92 Å². The van der Waals surface area contributed by atoms with Gasteiger partial charge >= 0.3 is 0 Å². The van der Waals surface area contributed by atoms with Crippen molar-refractivity contribution >= 4 is 0 Å². The summed E-state index contributed by atoms with van der Waals surface area (Å²) in [5, 5.41) is 0. The molecule has 3 nitrogen and oxygen atoms in total. The summed E-state index contributed by atoms with van der Waals surface area (Å²) in [6.07, 6.45) is -0.560. The minimum Gasteiger partial charge on any atom is -0.305 e. The molecule has 0 aromatic rings. The maximum Gasteiger partial charge on any atom is 0.128 e. The van der Waals surface area contributed by atoms with Gasteiger partial charge in [0.05, 0.1) is 0 Å². The Morgan fingerprint density at radius 1 is 2.00 bits per heavy atom. The van der Waals surface area contributed by atoms with Crippen LogP contribution < -0.4 is 11.6 Å². The Balaban J connectivity index is 2.54. The van der Waals surface area contributed by atoms with Crippen LogP contribution in [0.25, 0.3) is 0 Å². The maximum absolute atomic E-state index is 7.52. The molecule has 0 saturated heterocycles. The van der Waals surface area contributed by atoms with E-state index in [0.29, 0.717) is 0 Å². The third kappa shape index (κ3) is 3.88. The summed E-state index contributed by atoms with van der Waals surface area (Å²) in [5.74, 6) is 7.52. The summed E-state index contributed by atoms with van der Waals surface area (Å²) >= 11 is 0. The fourth-order valence-corrected chi connectivity index (χ4v) is 0. The Bertz CT molecular complexity index is 21.6. The minimum atomic E-state index is -0.560. The van der Waals surface area contributed by atoms with Crippen LogP contribution in [0.2, 0.25) is 0 Å². The molecule has 5 heavy (non-hydrogen) atoms. The average molecular weight is 74.1 g/mol. The van der Waals surface area contributed by atoms with E-state index in [4.69, 9.17) is 11.6 Å². The van der Waals surface area contributed by atoms with Gasteiger partial charge in [0.1, 0.15) is 6.23 Å². The van der Waals surface area contributed by atoms with Gasteiger partial charge in [-0.3, -0.25) is 0 Å². The predicted octanol–water partition coefficient (Wildman–Crippen LogP) is -0.709. The zero-order valence-corrected chi connectivity index (χ0v) is 3.01. The first-order chi connectivity index (χ1) is 2.27. The second-order valence-electron chi connectivity index (χ2n) is 0.811. The van der Waals surface area contributed by atoms with Crippen LogP contribution >= 0.6 is 0 Å². The van der Waals surface area contributed by atoms with Crippen molar-refractivity contribution in [2.45, 2.75) is 13.2 Å². The number of nitrogens with two attached hydrogens (primary N) is 1. The molecule has 0 aliphatic heterocycles. The molecule has 1 unspecified atom stereocenters. The first-order valence-electron chi connectivity index (χ1n) is 1.33. The topological polar surface area (TPSA) is 57.5 Å². The van der Waals surface area contributed by atoms with Gasteiger partial charge in [-0.2, -0.15) is 0 Å². The molecule has 30 valence electrons. The molecule has 0 fully saturated rings. The average Bonchev–Trinajstić information content (AvgIpc) is 1.38. The van der Waals surface area contributed by atoms with Gasteiger partial charge in [-0.15, -0.1) is 0 Å². The van der Waals surface area contributed by atoms with Crippen LogP contribution in [0, 0.1) is 0 Å². The zero-order chi connectivity index (χ0) is 4.28. The van der Waals surface area contributed by atoms with Gasteiger partial charge in [-0.1, -0.05) is 0 Å². The normalized spacial score (nSPS) is 15.0. The molecule has 3 heteroatoms. The summed E-state index contributed by atoms with van der Waals surface area (Å²) < 4.78 is 0. The molecule has 0 aromatic heterocycles. The molecule has 0 bridgehead atoms. The molecular weight excluding hydrogens is 68.0 g/mol. The quantitative estimate of drug-likeness (QED) is 0.330. The molecule has 2 N–H and O–H groups in total. The highest BCUT2D eigenvalue weighted by Gasteiger charge is 1.82. The first-order valence-corrected chi connectivity index (χ1v) is 1.33. The summed E-state index contributed by atoms with van der Waals surface area (Å²) in [5.41, 5.74) is 4.82. The highest BCUT2D eigenvalue weighted by atomic mass is 16.6. The van der Waals surface area contributed by atoms with E-state index in [1.165, 1.54) is 6.92 Å². The van der Waals surface area contributed by atoms with Crippen molar-refractivity contribution < 1.29 is 4.84 Å². The fourth-order valence-electron chi connectivity index (χ4n) is 0. The molecule has 0 saturated carbocycles. The van der Waals surface area contributed by atoms with Gasteiger partial charge in [0.15, 0.2) is 0 Å². The van der Waals surface area contributed by atoms with Crippen molar-refractivity contribution in [3.8, 4) is 0 Å². The lowest BCUT2D eigenvalue weighted by molar-refractivity contribution is 0.0544. The van der Waals surface area contributed by atoms with Gasteiger partial charge in [-0.25, -0.2) is 4.84 Å². The molecule has 0 aliphatic rings. The lowest BCUT2D eigenvalue weighted by Gasteiger charge is -1.90. The van der Waals surface area contributed by atoms with E-state index in [0.717, 1.165) is 0 Å². The summed E-state index contributed by atoms with van der Waals surface area (Å²) in [6.45, 7) is 1.53. The molecule has 0 spiro atoms. The largest absolute Gasteiger partial charge is 0.305 e. The molecule has 1 atom stereocenters. The van der Waals surface area contributed by atoms with E-state index in [9.17, 15) is 0 Å². The third-order valence-corrected chi connectivity index (χ3v) is 0.166. The molecule has 0 aliphatic carbocycles. The Labute approximate surface area is 30.9 Å². The Morgan fingerprint density at radius 3 is 2.20 bits per heavy atom. The molecule has 0 amide bonds. The lowest BCUT2D eigenvalue weighted by Crippen LogP contribution is -2.17. The fraction of sp³-hybridized carbons (Fsp3) is 1.00. The van der Waals surface area contributed by atoms with Crippen LogP contribution in [0.1, 0.15) is 6.92 Å². The summed E-state index contributed by atoms with van der Waals surface area (Å²) in [7, 11) is 0. The highest BCUT2D eigenvalue weighted by Crippen LogP contribution is 1.64. The molecule has 2 radical (unpaired) electrons. The van der Waals surface area contributed by atoms with E-state index < -0.39 is 6.23 Å². The van der Waals surface area contributed by atoms with E-state index in [2.05, 4.69) is 4.84 Å². The van der Waals surface area contributed by atoms with Crippen molar-refractivity contribution in [2.24, 2.45) is 5.73 Å². The smallest absolute Gasteiger partial charge is 0.128 e. The van der Waals surface area contributed by atoms with Gasteiger partial charge in [0, 0.05) is 5.90 Å². The summed E-state index contributed by atoms with van der Waals surface area (Å²) in [6, 6.07) is 0. The highest BCUT2D eigenvalue weighted by molar-refractivity contribution is 4.21. The van der Waals surface area contributed by atoms with Gasteiger partial charge in [0.2, 0.25) is 0 Å². The monoisotopic (exact) mass is 74.0 g/mol. The Morgan fingerprint density at radius 2 is 2.20 bits per heavy atom. The molecule has 0 heterocycles. The van der Waals surface area contributed by atoms with Crippen LogP contribution in [-0.4, -0.2) is 6.23 Å². The van der Waals surface area contributed by atoms with Crippen molar-refractivity contribution in [2.75, 3.05) is 0 Å². The first kappa shape index (κ1) is 4.88. The van der Waals surface area contributed by atoms with E-state index in [-0.39, 0.29) is 0 Å². The van der Waals surface area contributed by atoms with E-state index in [1.807, 2.05) is 0 Å². The van der Waals surface area contributed by atoms with Gasteiger partial charge in [0.25, 0.3) is 0 Å². The van der Waals surface area contributed by atoms with E-state index >= 15 is 0 Å². The lowest BCUT2D eigenvalue weighted by atomic mass is 10.7. The number of hydrogen-bond donors (Lipinski definition) is 1. The maximum atomic E-state index is 7.52. The second-order valence-corrected chi connectivity index (χ2v) is 0.811. The predicted molar refractivity (Wildman–Crippen MR) is 16.9 cm³/mol. The van der Waals surface area contributed by atoms with Crippen LogP contribution in [0.4, 0.5) is 0 Å². The Kier molecular flexibility index (Phi) is 2.09. The van der Waals surface area contributed by atoms with Crippen molar-refractivity contribution in [3.63, 3.8) is 0 Å². The third-order valence-electron chi connectivity index (χ3n) is 0.166. The number of rotatable bonds is 1. The summed E-state index contributed by atoms with van der Waals surface area (Å²) in [4.78, 5) is 3.53. The van der Waals surface area contributed by atoms with Gasteiger partial charge < -0.3 is 5.73 Å². The van der Waals surface area contributed by atoms with Crippen molar-refractivity contribution in [3.05, 3.63) is 0 Å². The molecular formula is C2H6N2O. The number of hydrogen-bond acceptors (Lipinski definition) is 2. The van der Waals surface area contributed by atoms with Crippen LogP contribution in [0.3, 0.4) is 0 Å². The van der Waals surface area contributed by atoms with Crippen molar-refractivity contribution in [1.29, 1.82) is 0 Å². The SMILES string of the molecule is CC(N)O[N]. The minimum absolute atomic E-state index is 0.560. The molecule has 0 aromatic carbocycles. The second kappa shape index (κ2) is 2.14. The van der Waals surface area contributed by atoms with Crippen LogP contribution in [0.15, 0.2) is 0 Å². The van der Waals surface area contributed by atoms with Crippen LogP contribution in [0.5, 0.6) is 0 Å². The molecule has 0 rings (SSSR count). The standard InChI is InChI=1S/C2H6N2O/c1-2(3)5-4/h2H,3H2,1H3. The van der Waals surface area contributed by atoms with Crippen LogP contribution in [-0.2, 0) is 4.84 Å². The van der Waals surface area contributed by atoms with Crippen molar-refractivity contribution in [1.82, 2.24) is 5.90 Å².